The van der Waals surface area contributed by atoms with E-state index in [2.05, 4.69) is 6.07 Å². The zero-order chi connectivity index (χ0) is 14.8. The number of carbonyl (C=O) groups is 1. The minimum Gasteiger partial charge on any atom is -0.294 e. The molecule has 0 saturated heterocycles. The molecule has 0 aliphatic carbocycles. The van der Waals surface area contributed by atoms with Crippen molar-refractivity contribution < 1.29 is 4.79 Å². The molecule has 0 N–H and O–H groups in total. The Morgan fingerprint density at radius 3 is 2.62 bits per heavy atom. The Morgan fingerprint density at radius 2 is 1.81 bits per heavy atom. The zero-order valence-corrected chi connectivity index (χ0v) is 12.5. The highest BCUT2D eigenvalue weighted by Crippen LogP contribution is 2.24. The number of aryl methyl sites for hydroxylation is 1. The van der Waals surface area contributed by atoms with Crippen LogP contribution in [0.5, 0.6) is 0 Å². The second kappa shape index (κ2) is 5.71. The molecule has 2 heteroatoms. The SMILES string of the molecule is Cc1ccc2ccccc2c1C(=O)Cc1cccc(Cl)c1. The van der Waals surface area contributed by atoms with Crippen LogP contribution in [0.2, 0.25) is 5.02 Å². The average Bonchev–Trinajstić information content (AvgIpc) is 2.47. The number of fused-ring (bicyclic) bond motifs is 1. The van der Waals surface area contributed by atoms with Gasteiger partial charge in [0.05, 0.1) is 0 Å². The molecule has 0 fully saturated rings. The molecule has 0 saturated carbocycles. The number of halogens is 1. The third-order valence-corrected chi connectivity index (χ3v) is 3.91. The van der Waals surface area contributed by atoms with Crippen molar-refractivity contribution in [3.05, 3.63) is 82.4 Å². The third-order valence-electron chi connectivity index (χ3n) is 3.67. The lowest BCUT2D eigenvalue weighted by molar-refractivity contribution is 0.0994. The molecule has 1 nitrogen and oxygen atoms in total. The molecular weight excluding hydrogens is 280 g/mol. The van der Waals surface area contributed by atoms with Crippen molar-refractivity contribution in [3.63, 3.8) is 0 Å². The standard InChI is InChI=1S/C19H15ClO/c1-13-9-10-15-6-2-3-8-17(15)19(13)18(21)12-14-5-4-7-16(20)11-14/h2-11H,12H2,1H3. The molecular formula is C19H15ClO. The van der Waals surface area contributed by atoms with Crippen LogP contribution >= 0.6 is 11.6 Å². The Kier molecular flexibility index (Phi) is 3.76. The largest absolute Gasteiger partial charge is 0.294 e. The molecule has 3 rings (SSSR count). The van der Waals surface area contributed by atoms with Crippen molar-refractivity contribution in [3.8, 4) is 0 Å². The lowest BCUT2D eigenvalue weighted by Gasteiger charge is -2.10. The molecule has 21 heavy (non-hydrogen) atoms. The molecule has 0 amide bonds. The Labute approximate surface area is 129 Å². The van der Waals surface area contributed by atoms with Crippen LogP contribution in [0.15, 0.2) is 60.7 Å². The van der Waals surface area contributed by atoms with Gasteiger partial charge in [-0.3, -0.25) is 4.79 Å². The van der Waals surface area contributed by atoms with Crippen LogP contribution in [-0.2, 0) is 6.42 Å². The first-order valence-electron chi connectivity index (χ1n) is 6.91. The van der Waals surface area contributed by atoms with E-state index < -0.39 is 0 Å². The van der Waals surface area contributed by atoms with Gasteiger partial charge < -0.3 is 0 Å². The van der Waals surface area contributed by atoms with E-state index in [4.69, 9.17) is 11.6 Å². The number of rotatable bonds is 3. The molecule has 0 unspecified atom stereocenters. The van der Waals surface area contributed by atoms with Crippen molar-refractivity contribution in [2.75, 3.05) is 0 Å². The van der Waals surface area contributed by atoms with Crippen molar-refractivity contribution >= 4 is 28.2 Å². The van der Waals surface area contributed by atoms with Gasteiger partial charge in [-0.05, 0) is 41.0 Å². The average molecular weight is 295 g/mol. The first kappa shape index (κ1) is 13.8. The maximum absolute atomic E-state index is 12.7. The zero-order valence-electron chi connectivity index (χ0n) is 11.8. The van der Waals surface area contributed by atoms with Gasteiger partial charge in [-0.2, -0.15) is 0 Å². The van der Waals surface area contributed by atoms with E-state index in [1.54, 1.807) is 0 Å². The third kappa shape index (κ3) is 2.84. The second-order valence-corrected chi connectivity index (χ2v) is 5.64. The Bertz CT molecular complexity index is 821. The summed E-state index contributed by atoms with van der Waals surface area (Å²) in [5.74, 6) is 0.131. The predicted molar refractivity (Wildman–Crippen MR) is 88.2 cm³/mol. The first-order valence-corrected chi connectivity index (χ1v) is 7.29. The predicted octanol–water partition coefficient (Wildman–Crippen LogP) is 5.23. The van der Waals surface area contributed by atoms with Crippen LogP contribution in [0.1, 0.15) is 21.5 Å². The van der Waals surface area contributed by atoms with Gasteiger partial charge in [0.25, 0.3) is 0 Å². The smallest absolute Gasteiger partial charge is 0.168 e. The fourth-order valence-electron chi connectivity index (χ4n) is 2.67. The fraction of sp³-hybridized carbons (Fsp3) is 0.105. The van der Waals surface area contributed by atoms with Crippen molar-refractivity contribution in [1.82, 2.24) is 0 Å². The van der Waals surface area contributed by atoms with E-state index in [0.717, 1.165) is 27.5 Å². The van der Waals surface area contributed by atoms with E-state index in [1.807, 2.05) is 61.5 Å². The van der Waals surface area contributed by atoms with E-state index in [-0.39, 0.29) is 5.78 Å². The molecule has 0 aromatic heterocycles. The van der Waals surface area contributed by atoms with Crippen LogP contribution in [0.3, 0.4) is 0 Å². The fourth-order valence-corrected chi connectivity index (χ4v) is 2.88. The van der Waals surface area contributed by atoms with Crippen LogP contribution in [0.25, 0.3) is 10.8 Å². The van der Waals surface area contributed by atoms with Crippen molar-refractivity contribution in [2.45, 2.75) is 13.3 Å². The number of ketones is 1. The molecule has 0 heterocycles. The van der Waals surface area contributed by atoms with Gasteiger partial charge in [-0.25, -0.2) is 0 Å². The lowest BCUT2D eigenvalue weighted by atomic mass is 9.93. The molecule has 104 valence electrons. The molecule has 0 aliphatic rings. The van der Waals surface area contributed by atoms with E-state index in [9.17, 15) is 4.79 Å². The number of hydrogen-bond donors (Lipinski definition) is 0. The Hall–Kier alpha value is -2.12. The Morgan fingerprint density at radius 1 is 1.00 bits per heavy atom. The van der Waals surface area contributed by atoms with E-state index in [1.165, 1.54) is 0 Å². The highest BCUT2D eigenvalue weighted by molar-refractivity contribution is 6.30. The summed E-state index contributed by atoms with van der Waals surface area (Å²) in [7, 11) is 0. The molecule has 3 aromatic carbocycles. The molecule has 3 aromatic rings. The summed E-state index contributed by atoms with van der Waals surface area (Å²) in [6, 6.07) is 19.5. The summed E-state index contributed by atoms with van der Waals surface area (Å²) in [6.45, 7) is 1.98. The summed E-state index contributed by atoms with van der Waals surface area (Å²) in [5.41, 5.74) is 2.77. The number of Topliss-reactive ketones (excluding diaryl/α,β-unsaturated/α-hetero) is 1. The lowest BCUT2D eigenvalue weighted by Crippen LogP contribution is -2.06. The van der Waals surface area contributed by atoms with E-state index in [0.29, 0.717) is 11.4 Å². The van der Waals surface area contributed by atoms with E-state index >= 15 is 0 Å². The van der Waals surface area contributed by atoms with Crippen LogP contribution in [-0.4, -0.2) is 5.78 Å². The van der Waals surface area contributed by atoms with Crippen LogP contribution in [0.4, 0.5) is 0 Å². The minimum atomic E-state index is 0.131. The van der Waals surface area contributed by atoms with Crippen molar-refractivity contribution in [2.24, 2.45) is 0 Å². The topological polar surface area (TPSA) is 17.1 Å². The monoisotopic (exact) mass is 294 g/mol. The Balaban J connectivity index is 2.03. The molecule has 0 bridgehead atoms. The van der Waals surface area contributed by atoms with Crippen molar-refractivity contribution in [1.29, 1.82) is 0 Å². The second-order valence-electron chi connectivity index (χ2n) is 5.21. The molecule has 0 radical (unpaired) electrons. The number of carbonyl (C=O) groups excluding carboxylic acids is 1. The van der Waals surface area contributed by atoms with Crippen LogP contribution < -0.4 is 0 Å². The van der Waals surface area contributed by atoms with Gasteiger partial charge in [0, 0.05) is 17.0 Å². The quantitative estimate of drug-likeness (QED) is 0.605. The van der Waals surface area contributed by atoms with Gasteiger partial charge in [0.2, 0.25) is 0 Å². The molecule has 0 atom stereocenters. The molecule has 0 spiro atoms. The number of hydrogen-bond acceptors (Lipinski definition) is 1. The van der Waals surface area contributed by atoms with Gasteiger partial charge in [-0.1, -0.05) is 60.1 Å². The maximum atomic E-state index is 12.7. The summed E-state index contributed by atoms with van der Waals surface area (Å²) in [6.07, 6.45) is 0.370. The highest BCUT2D eigenvalue weighted by Gasteiger charge is 2.13. The summed E-state index contributed by atoms with van der Waals surface area (Å²) >= 11 is 5.99. The first-order chi connectivity index (χ1) is 10.1. The summed E-state index contributed by atoms with van der Waals surface area (Å²) < 4.78 is 0. The van der Waals surface area contributed by atoms with Gasteiger partial charge >= 0.3 is 0 Å². The number of benzene rings is 3. The minimum absolute atomic E-state index is 0.131. The molecule has 0 aliphatic heterocycles. The normalized spacial score (nSPS) is 10.8. The van der Waals surface area contributed by atoms with Crippen LogP contribution in [0, 0.1) is 6.92 Å². The maximum Gasteiger partial charge on any atom is 0.168 e. The summed E-state index contributed by atoms with van der Waals surface area (Å²) in [4.78, 5) is 12.7. The van der Waals surface area contributed by atoms with Gasteiger partial charge in [0.15, 0.2) is 5.78 Å². The van der Waals surface area contributed by atoms with Gasteiger partial charge in [-0.15, -0.1) is 0 Å². The van der Waals surface area contributed by atoms with Gasteiger partial charge in [0.1, 0.15) is 0 Å². The highest BCUT2D eigenvalue weighted by atomic mass is 35.5. The summed E-state index contributed by atoms with van der Waals surface area (Å²) in [5, 5.41) is 2.78.